The number of fused-ring (bicyclic) bond motifs is 3. The third-order valence-electron chi connectivity index (χ3n) is 5.65. The molecule has 0 spiro atoms. The maximum atomic E-state index is 12.8. The number of halogens is 1. The van der Waals surface area contributed by atoms with E-state index in [-0.39, 0.29) is 15.5 Å². The summed E-state index contributed by atoms with van der Waals surface area (Å²) in [6, 6.07) is 14.5. The summed E-state index contributed by atoms with van der Waals surface area (Å²) in [7, 11) is -0.307. The quantitative estimate of drug-likeness (QED) is 0.251. The van der Waals surface area contributed by atoms with Crippen molar-refractivity contribution in [1.29, 1.82) is 0 Å². The van der Waals surface area contributed by atoms with Crippen molar-refractivity contribution in [2.75, 3.05) is 26.6 Å². The van der Waals surface area contributed by atoms with E-state index in [9.17, 15) is 18.0 Å². The van der Waals surface area contributed by atoms with Gasteiger partial charge in [-0.25, -0.2) is 13.2 Å². The lowest BCUT2D eigenvalue weighted by atomic mass is 10.1. The molecule has 0 saturated carbocycles. The molecular weight excluding hydrogens is 524 g/mol. The molecule has 1 heterocycles. The van der Waals surface area contributed by atoms with Crippen molar-refractivity contribution in [2.45, 2.75) is 17.9 Å². The Labute approximate surface area is 217 Å². The lowest BCUT2D eigenvalue weighted by Crippen LogP contribution is -2.30. The van der Waals surface area contributed by atoms with Crippen LogP contribution in [-0.4, -0.2) is 52.1 Å². The first-order chi connectivity index (χ1) is 17.6. The molecule has 4 rings (SSSR count). The summed E-state index contributed by atoms with van der Waals surface area (Å²) in [4.78, 5) is 30.0. The minimum atomic E-state index is -4.13. The number of hydrogen-bond donors (Lipinski definition) is 1. The number of nitrogens with zero attached hydrogens (tertiary/aromatic N) is 1. The molecule has 1 amide bonds. The summed E-state index contributed by atoms with van der Waals surface area (Å²) < 4.78 is 42.4. The van der Waals surface area contributed by atoms with Crippen LogP contribution in [-0.2, 0) is 24.4 Å². The molecule has 12 heteroatoms. The zero-order valence-corrected chi connectivity index (χ0v) is 21.8. The smallest absolute Gasteiger partial charge is 0.338 e. The fourth-order valence-corrected chi connectivity index (χ4v) is 5.07. The Bertz CT molecular complexity index is 1620. The second kappa shape index (κ2) is 10.4. The number of hydroxylamine groups is 1. The van der Waals surface area contributed by atoms with Gasteiger partial charge in [0.25, 0.3) is 15.9 Å². The van der Waals surface area contributed by atoms with E-state index >= 15 is 0 Å². The van der Waals surface area contributed by atoms with Crippen LogP contribution in [0.4, 0.5) is 5.69 Å². The maximum absolute atomic E-state index is 12.8. The van der Waals surface area contributed by atoms with Gasteiger partial charge in [0.15, 0.2) is 6.10 Å². The van der Waals surface area contributed by atoms with Gasteiger partial charge < -0.3 is 19.2 Å². The minimum absolute atomic E-state index is 0.112. The lowest BCUT2D eigenvalue weighted by molar-refractivity contribution is -0.123. The van der Waals surface area contributed by atoms with Crippen LogP contribution < -0.4 is 10.1 Å². The number of nitrogens with one attached hydrogen (secondary N) is 1. The molecule has 37 heavy (non-hydrogen) atoms. The first-order valence-corrected chi connectivity index (χ1v) is 12.7. The molecule has 0 aliphatic carbocycles. The van der Waals surface area contributed by atoms with Crippen LogP contribution in [0, 0.1) is 0 Å². The Hall–Kier alpha value is -3.64. The van der Waals surface area contributed by atoms with Crippen molar-refractivity contribution in [2.24, 2.45) is 0 Å². The molecule has 0 bridgehead atoms. The highest BCUT2D eigenvalue weighted by molar-refractivity contribution is 7.89. The predicted octanol–water partition coefficient (Wildman–Crippen LogP) is 4.61. The number of hydrogen-bond acceptors (Lipinski definition) is 8. The number of anilines is 1. The van der Waals surface area contributed by atoms with Crippen molar-refractivity contribution < 1.29 is 36.7 Å². The van der Waals surface area contributed by atoms with Gasteiger partial charge >= 0.3 is 5.97 Å². The average Bonchev–Trinajstić information content (AvgIpc) is 3.24. The molecule has 1 unspecified atom stereocenters. The first-order valence-electron chi connectivity index (χ1n) is 10.9. The van der Waals surface area contributed by atoms with Gasteiger partial charge in [0.2, 0.25) is 0 Å². The Morgan fingerprint density at radius 3 is 2.46 bits per heavy atom. The summed E-state index contributed by atoms with van der Waals surface area (Å²) in [5.74, 6) is -1.17. The van der Waals surface area contributed by atoms with E-state index in [4.69, 9.17) is 30.3 Å². The highest BCUT2D eigenvalue weighted by Gasteiger charge is 2.27. The summed E-state index contributed by atoms with van der Waals surface area (Å²) in [6.07, 6.45) is -1.24. The molecule has 1 aromatic heterocycles. The number of carbonyl (C=O) groups is 2. The van der Waals surface area contributed by atoms with Crippen LogP contribution in [0.1, 0.15) is 17.3 Å². The van der Waals surface area contributed by atoms with E-state index in [2.05, 4.69) is 5.32 Å². The van der Waals surface area contributed by atoms with Crippen molar-refractivity contribution in [3.63, 3.8) is 0 Å². The van der Waals surface area contributed by atoms with E-state index < -0.39 is 28.0 Å². The number of ether oxygens (including phenoxy) is 2. The fourth-order valence-electron chi connectivity index (χ4n) is 3.60. The number of benzene rings is 3. The van der Waals surface area contributed by atoms with Gasteiger partial charge in [-0.1, -0.05) is 34.3 Å². The lowest BCUT2D eigenvalue weighted by Gasteiger charge is -2.17. The molecule has 194 valence electrons. The van der Waals surface area contributed by atoms with Crippen LogP contribution in [0.15, 0.2) is 63.9 Å². The maximum Gasteiger partial charge on any atom is 0.338 e. The zero-order chi connectivity index (χ0) is 26.9. The summed E-state index contributed by atoms with van der Waals surface area (Å²) in [5, 5.41) is 4.29. The van der Waals surface area contributed by atoms with Gasteiger partial charge in [-0.3, -0.25) is 9.63 Å². The third-order valence-corrected chi connectivity index (χ3v) is 7.81. The molecule has 0 aliphatic heterocycles. The molecule has 1 atom stereocenters. The van der Waals surface area contributed by atoms with Crippen LogP contribution in [0.3, 0.4) is 0 Å². The van der Waals surface area contributed by atoms with Crippen LogP contribution in [0.25, 0.3) is 21.9 Å². The van der Waals surface area contributed by atoms with Gasteiger partial charge in [-0.05, 0) is 37.3 Å². The molecular formula is C25H23ClN2O8S. The fraction of sp³-hybridized carbons (Fsp3) is 0.200. The molecule has 3 aromatic carbocycles. The largest absolute Gasteiger partial charge is 0.495 e. The number of furan rings is 1. The van der Waals surface area contributed by atoms with Crippen molar-refractivity contribution in [1.82, 2.24) is 4.47 Å². The topological polar surface area (TPSA) is 124 Å². The number of methoxy groups -OCH3 is 1. The number of amides is 1. The third kappa shape index (κ3) is 5.12. The Balaban J connectivity index is 1.54. The summed E-state index contributed by atoms with van der Waals surface area (Å²) in [6.45, 7) is 1.38. The number of rotatable bonds is 8. The predicted molar refractivity (Wildman–Crippen MR) is 137 cm³/mol. The van der Waals surface area contributed by atoms with Gasteiger partial charge in [0, 0.05) is 23.9 Å². The number of sulfonamides is 1. The monoisotopic (exact) mass is 546 g/mol. The van der Waals surface area contributed by atoms with Crippen LogP contribution >= 0.6 is 11.6 Å². The molecule has 4 aromatic rings. The van der Waals surface area contributed by atoms with Gasteiger partial charge in [-0.2, -0.15) is 0 Å². The van der Waals surface area contributed by atoms with Crippen molar-refractivity contribution in [3.8, 4) is 5.75 Å². The second-order valence-corrected chi connectivity index (χ2v) is 10.2. The van der Waals surface area contributed by atoms with E-state index in [1.165, 1.54) is 40.3 Å². The van der Waals surface area contributed by atoms with Gasteiger partial charge in [0.05, 0.1) is 30.5 Å². The molecule has 1 N–H and O–H groups in total. The van der Waals surface area contributed by atoms with E-state index in [0.29, 0.717) is 27.1 Å². The standard InChI is InChI=1S/C25H23ClN2O8S/c1-14(35-25(30)15-9-10-18(26)23(11-15)37(31,32)28(2)34-4)24(29)27-19-13-21-17(12-22(19)33-3)16-7-5-6-8-20(16)36-21/h5-14H,1-4H3,(H,27,29). The van der Waals surface area contributed by atoms with Crippen molar-refractivity contribution >= 4 is 61.1 Å². The Morgan fingerprint density at radius 1 is 1.03 bits per heavy atom. The van der Waals surface area contributed by atoms with Crippen LogP contribution in [0.2, 0.25) is 5.02 Å². The number of carbonyl (C=O) groups excluding carboxylic acids is 2. The van der Waals surface area contributed by atoms with E-state index in [0.717, 1.165) is 16.8 Å². The zero-order valence-electron chi connectivity index (χ0n) is 20.3. The normalized spacial score (nSPS) is 12.6. The van der Waals surface area contributed by atoms with Crippen molar-refractivity contribution in [3.05, 3.63) is 65.2 Å². The first kappa shape index (κ1) is 26.4. The van der Waals surface area contributed by atoms with Crippen LogP contribution in [0.5, 0.6) is 5.75 Å². The molecule has 0 radical (unpaired) electrons. The average molecular weight is 547 g/mol. The SMILES string of the molecule is COc1cc2c(cc1NC(=O)C(C)OC(=O)c1ccc(Cl)c(S(=O)(=O)N(C)OC)c1)oc1ccccc12. The summed E-state index contributed by atoms with van der Waals surface area (Å²) >= 11 is 6.03. The van der Waals surface area contributed by atoms with E-state index in [1.54, 1.807) is 12.1 Å². The number of para-hydroxylation sites is 1. The summed E-state index contributed by atoms with van der Waals surface area (Å²) in [5.41, 5.74) is 1.43. The van der Waals surface area contributed by atoms with Gasteiger partial charge in [0.1, 0.15) is 21.8 Å². The highest BCUT2D eigenvalue weighted by atomic mass is 35.5. The molecule has 0 saturated heterocycles. The molecule has 0 aliphatic rings. The second-order valence-electron chi connectivity index (χ2n) is 7.93. The van der Waals surface area contributed by atoms with Gasteiger partial charge in [-0.15, -0.1) is 0 Å². The Morgan fingerprint density at radius 2 is 1.76 bits per heavy atom. The molecule has 0 fully saturated rings. The Kier molecular flexibility index (Phi) is 7.42. The highest BCUT2D eigenvalue weighted by Crippen LogP contribution is 2.36. The molecule has 10 nitrogen and oxygen atoms in total. The number of esters is 1. The minimum Gasteiger partial charge on any atom is -0.495 e. The van der Waals surface area contributed by atoms with E-state index in [1.807, 2.05) is 24.3 Å².